The zero-order chi connectivity index (χ0) is 20.4. The summed E-state index contributed by atoms with van der Waals surface area (Å²) in [5.74, 6) is 1.01. The molecule has 1 fully saturated rings. The maximum atomic E-state index is 14.2. The van der Waals surface area contributed by atoms with E-state index in [2.05, 4.69) is 27.6 Å². The molecular weight excluding hydrogens is 393 g/mol. The molecular formula is C20H25ClFN7. The summed E-state index contributed by atoms with van der Waals surface area (Å²) in [5, 5.41) is 11.7. The van der Waals surface area contributed by atoms with Crippen LogP contribution < -0.4 is 15.5 Å². The summed E-state index contributed by atoms with van der Waals surface area (Å²) in [5.41, 5.74) is 3.18. The first kappa shape index (κ1) is 19.8. The Morgan fingerprint density at radius 2 is 2.03 bits per heavy atom. The summed E-state index contributed by atoms with van der Waals surface area (Å²) in [6.07, 6.45) is 1.83. The Balaban J connectivity index is 1.73. The van der Waals surface area contributed by atoms with Gasteiger partial charge in [0.05, 0.1) is 5.69 Å². The topological polar surface area (TPSA) is 70.9 Å². The molecule has 0 spiro atoms. The van der Waals surface area contributed by atoms with Gasteiger partial charge in [-0.1, -0.05) is 31.0 Å². The second-order valence-corrected chi connectivity index (χ2v) is 7.65. The number of halogens is 2. The molecule has 9 heteroatoms. The largest absolute Gasteiger partial charge is 0.364 e. The Morgan fingerprint density at radius 3 is 2.76 bits per heavy atom. The molecule has 7 nitrogen and oxygen atoms in total. The lowest BCUT2D eigenvalue weighted by molar-refractivity contribution is 0.580. The van der Waals surface area contributed by atoms with Crippen molar-refractivity contribution in [1.29, 1.82) is 0 Å². The summed E-state index contributed by atoms with van der Waals surface area (Å²) in [7, 11) is 1.89. The van der Waals surface area contributed by atoms with Gasteiger partial charge in [-0.25, -0.2) is 9.37 Å². The van der Waals surface area contributed by atoms with Crippen LogP contribution in [0.25, 0.3) is 11.0 Å². The van der Waals surface area contributed by atoms with Gasteiger partial charge in [-0.15, -0.1) is 0 Å². The first-order valence-corrected chi connectivity index (χ1v) is 10.3. The fraction of sp³-hybridized carbons (Fsp3) is 0.450. The highest BCUT2D eigenvalue weighted by Crippen LogP contribution is 2.27. The molecule has 3 aromatic rings. The van der Waals surface area contributed by atoms with Crippen LogP contribution in [0, 0.1) is 5.82 Å². The number of rotatable bonds is 6. The van der Waals surface area contributed by atoms with Crippen molar-refractivity contribution in [3.63, 3.8) is 0 Å². The number of hydrogen-bond acceptors (Lipinski definition) is 6. The number of nitrogens with zero attached hydrogens (tertiary/aromatic N) is 5. The molecule has 1 saturated heterocycles. The summed E-state index contributed by atoms with van der Waals surface area (Å²) in [6, 6.07) is 4.70. The highest BCUT2D eigenvalue weighted by molar-refractivity contribution is 6.30. The molecule has 2 N–H and O–H groups in total. The highest BCUT2D eigenvalue weighted by Gasteiger charge is 2.21. The van der Waals surface area contributed by atoms with Crippen LogP contribution in [0.5, 0.6) is 0 Å². The lowest BCUT2D eigenvalue weighted by Gasteiger charge is -2.27. The summed E-state index contributed by atoms with van der Waals surface area (Å²) in [6.45, 7) is 5.91. The SMILES string of the molecule is CCCc1nn(C)c2c(NCc3ccc(Cl)cc3F)nc(N3CCNCC3)nc12. The van der Waals surface area contributed by atoms with E-state index in [0.29, 0.717) is 28.9 Å². The van der Waals surface area contributed by atoms with Crippen LogP contribution in [0.1, 0.15) is 24.6 Å². The molecule has 0 radical (unpaired) electrons. The molecule has 154 valence electrons. The van der Waals surface area contributed by atoms with Gasteiger partial charge in [0.15, 0.2) is 5.82 Å². The Bertz CT molecular complexity index is 1010. The lowest BCUT2D eigenvalue weighted by atomic mass is 10.2. The van der Waals surface area contributed by atoms with Gasteiger partial charge < -0.3 is 15.5 Å². The van der Waals surface area contributed by atoms with Gasteiger partial charge in [0.1, 0.15) is 16.9 Å². The quantitative estimate of drug-likeness (QED) is 0.642. The minimum absolute atomic E-state index is 0.296. The van der Waals surface area contributed by atoms with Crippen molar-refractivity contribution >= 4 is 34.4 Å². The van der Waals surface area contributed by atoms with Crippen molar-refractivity contribution in [2.75, 3.05) is 36.4 Å². The number of aromatic nitrogens is 4. The Hall–Kier alpha value is -2.45. The van der Waals surface area contributed by atoms with Crippen LogP contribution in [0.3, 0.4) is 0 Å². The van der Waals surface area contributed by atoms with Gasteiger partial charge >= 0.3 is 0 Å². The van der Waals surface area contributed by atoms with Crippen LogP contribution in [-0.2, 0) is 20.0 Å². The average Bonchev–Trinajstić information content (AvgIpc) is 3.04. The van der Waals surface area contributed by atoms with Crippen LogP contribution in [0.15, 0.2) is 18.2 Å². The van der Waals surface area contributed by atoms with E-state index in [1.807, 2.05) is 11.7 Å². The van der Waals surface area contributed by atoms with Crippen molar-refractivity contribution in [2.45, 2.75) is 26.3 Å². The van der Waals surface area contributed by atoms with E-state index in [1.165, 1.54) is 6.07 Å². The maximum Gasteiger partial charge on any atom is 0.228 e. The number of aryl methyl sites for hydroxylation is 2. The molecule has 4 rings (SSSR count). The molecule has 0 aliphatic carbocycles. The minimum Gasteiger partial charge on any atom is -0.364 e. The summed E-state index contributed by atoms with van der Waals surface area (Å²) >= 11 is 5.87. The number of hydrogen-bond donors (Lipinski definition) is 2. The fourth-order valence-electron chi connectivity index (χ4n) is 3.61. The minimum atomic E-state index is -0.339. The first-order chi connectivity index (χ1) is 14.1. The Labute approximate surface area is 174 Å². The molecule has 0 saturated carbocycles. The van der Waals surface area contributed by atoms with Crippen molar-refractivity contribution in [2.24, 2.45) is 7.05 Å². The van der Waals surface area contributed by atoms with E-state index in [-0.39, 0.29) is 5.82 Å². The molecule has 1 aliphatic heterocycles. The van der Waals surface area contributed by atoms with Gasteiger partial charge in [0.25, 0.3) is 0 Å². The van der Waals surface area contributed by atoms with Gasteiger partial charge in [0.2, 0.25) is 5.95 Å². The van der Waals surface area contributed by atoms with Crippen LogP contribution in [0.2, 0.25) is 5.02 Å². The molecule has 0 atom stereocenters. The predicted molar refractivity (Wildman–Crippen MR) is 114 cm³/mol. The molecule has 1 aromatic carbocycles. The monoisotopic (exact) mass is 417 g/mol. The summed E-state index contributed by atoms with van der Waals surface area (Å²) in [4.78, 5) is 11.8. The van der Waals surface area contributed by atoms with Gasteiger partial charge in [-0.05, 0) is 18.6 Å². The van der Waals surface area contributed by atoms with Gasteiger partial charge in [-0.3, -0.25) is 4.68 Å². The van der Waals surface area contributed by atoms with E-state index in [4.69, 9.17) is 21.6 Å². The second-order valence-electron chi connectivity index (χ2n) is 7.22. The zero-order valence-corrected chi connectivity index (χ0v) is 17.4. The number of benzene rings is 1. The third-order valence-electron chi connectivity index (χ3n) is 5.09. The van der Waals surface area contributed by atoms with Gasteiger partial charge in [-0.2, -0.15) is 10.1 Å². The molecule has 0 amide bonds. The smallest absolute Gasteiger partial charge is 0.228 e. The molecule has 3 heterocycles. The zero-order valence-electron chi connectivity index (χ0n) is 16.7. The average molecular weight is 418 g/mol. The normalized spacial score (nSPS) is 14.6. The van der Waals surface area contributed by atoms with E-state index >= 15 is 0 Å². The van der Waals surface area contributed by atoms with Gasteiger partial charge in [0, 0.05) is 50.4 Å². The van der Waals surface area contributed by atoms with E-state index in [0.717, 1.165) is 55.7 Å². The maximum absolute atomic E-state index is 14.2. The number of fused-ring (bicyclic) bond motifs is 1. The molecule has 29 heavy (non-hydrogen) atoms. The number of piperazine rings is 1. The Morgan fingerprint density at radius 1 is 1.24 bits per heavy atom. The number of anilines is 2. The lowest BCUT2D eigenvalue weighted by Crippen LogP contribution is -2.44. The standard InChI is InChI=1S/C20H25ClFN7/c1-3-4-16-17-18(28(2)27-16)19(24-12-13-5-6-14(21)11-15(13)22)26-20(25-17)29-9-7-23-8-10-29/h5-6,11,23H,3-4,7-10,12H2,1-2H3,(H,24,25,26). The van der Waals surface area contributed by atoms with Crippen LogP contribution in [-0.4, -0.2) is 45.9 Å². The molecule has 0 bridgehead atoms. The van der Waals surface area contributed by atoms with E-state index in [1.54, 1.807) is 12.1 Å². The third-order valence-corrected chi connectivity index (χ3v) is 5.32. The van der Waals surface area contributed by atoms with Crippen LogP contribution >= 0.6 is 11.6 Å². The Kier molecular flexibility index (Phi) is 5.82. The van der Waals surface area contributed by atoms with E-state index < -0.39 is 0 Å². The number of nitrogens with one attached hydrogen (secondary N) is 2. The highest BCUT2D eigenvalue weighted by atomic mass is 35.5. The first-order valence-electron chi connectivity index (χ1n) is 9.94. The van der Waals surface area contributed by atoms with Crippen molar-refractivity contribution < 1.29 is 4.39 Å². The third kappa shape index (κ3) is 4.13. The van der Waals surface area contributed by atoms with E-state index in [9.17, 15) is 4.39 Å². The molecule has 2 aromatic heterocycles. The fourth-order valence-corrected chi connectivity index (χ4v) is 3.77. The van der Waals surface area contributed by atoms with Crippen molar-refractivity contribution in [3.05, 3.63) is 40.3 Å². The molecule has 0 unspecified atom stereocenters. The second kappa shape index (κ2) is 8.51. The van der Waals surface area contributed by atoms with Crippen LogP contribution in [0.4, 0.5) is 16.2 Å². The van der Waals surface area contributed by atoms with Crippen molar-refractivity contribution in [1.82, 2.24) is 25.1 Å². The summed E-state index contributed by atoms with van der Waals surface area (Å²) < 4.78 is 16.0. The van der Waals surface area contributed by atoms with Crippen molar-refractivity contribution in [3.8, 4) is 0 Å². The predicted octanol–water partition coefficient (Wildman–Crippen LogP) is 3.13. The molecule has 1 aliphatic rings.